The molecule has 2 N–H and O–H groups in total. The lowest BCUT2D eigenvalue weighted by Gasteiger charge is -2.22. The summed E-state index contributed by atoms with van der Waals surface area (Å²) in [6, 6.07) is 16.3. The quantitative estimate of drug-likeness (QED) is 0.344. The van der Waals surface area contributed by atoms with Crippen molar-refractivity contribution in [2.75, 3.05) is 39.1 Å². The highest BCUT2D eigenvalue weighted by Gasteiger charge is 2.25. The molecule has 1 fully saturated rings. The van der Waals surface area contributed by atoms with Gasteiger partial charge in [0.1, 0.15) is 5.75 Å². The predicted octanol–water partition coefficient (Wildman–Crippen LogP) is 3.88. The zero-order valence-electron chi connectivity index (χ0n) is 17.9. The van der Waals surface area contributed by atoms with E-state index in [1.807, 2.05) is 43.4 Å². The van der Waals surface area contributed by atoms with E-state index in [0.717, 1.165) is 49.9 Å². The molecule has 1 amide bonds. The molecule has 3 rings (SSSR count). The fraction of sp³-hybridized carbons (Fsp3) is 0.391. The van der Waals surface area contributed by atoms with Crippen LogP contribution in [0.4, 0.5) is 5.69 Å². The molecule has 162 valence electrons. The van der Waals surface area contributed by atoms with E-state index in [0.29, 0.717) is 5.92 Å². The maximum absolute atomic E-state index is 11.1. The Kier molecular flexibility index (Phi) is 9.42. The van der Waals surface area contributed by atoms with E-state index in [-0.39, 0.29) is 29.9 Å². The monoisotopic (exact) mass is 522 g/mol. The number of anilines is 1. The molecule has 0 aliphatic carbocycles. The first kappa shape index (κ1) is 24.0. The molecule has 1 aliphatic rings. The van der Waals surface area contributed by atoms with Gasteiger partial charge in [-0.25, -0.2) is 0 Å². The third-order valence-corrected chi connectivity index (χ3v) is 5.26. The van der Waals surface area contributed by atoms with Gasteiger partial charge in [-0.2, -0.15) is 0 Å². The van der Waals surface area contributed by atoms with Crippen molar-refractivity contribution in [3.8, 4) is 5.75 Å². The average Bonchev–Trinajstić information content (AvgIpc) is 3.22. The smallest absolute Gasteiger partial charge is 0.221 e. The third kappa shape index (κ3) is 6.62. The first-order chi connectivity index (χ1) is 14.1. The molecule has 1 saturated heterocycles. The van der Waals surface area contributed by atoms with Gasteiger partial charge in [-0.1, -0.05) is 24.3 Å². The minimum absolute atomic E-state index is 0. The van der Waals surface area contributed by atoms with Gasteiger partial charge in [-0.05, 0) is 48.2 Å². The maximum Gasteiger partial charge on any atom is 0.221 e. The molecule has 0 radical (unpaired) electrons. The number of ether oxygens (including phenoxy) is 1. The van der Waals surface area contributed by atoms with Gasteiger partial charge < -0.3 is 20.3 Å². The molecule has 30 heavy (non-hydrogen) atoms. The Hall–Kier alpha value is -2.29. The number of nitrogens with zero attached hydrogens (tertiary/aromatic N) is 2. The Balaban J connectivity index is 0.00000320. The Morgan fingerprint density at radius 1 is 1.17 bits per heavy atom. The van der Waals surface area contributed by atoms with E-state index in [1.165, 1.54) is 18.1 Å². The SMILES string of the molecule is CN=C(NCCc1ccc(NC(C)=O)cc1)N1CCC(c2ccc(OC)cc2)C1.I. The van der Waals surface area contributed by atoms with Crippen molar-refractivity contribution >= 4 is 41.5 Å². The van der Waals surface area contributed by atoms with Crippen LogP contribution in [0.2, 0.25) is 0 Å². The molecule has 0 aromatic heterocycles. The van der Waals surface area contributed by atoms with Crippen LogP contribution in [0.25, 0.3) is 0 Å². The highest BCUT2D eigenvalue weighted by molar-refractivity contribution is 14.0. The van der Waals surface area contributed by atoms with Gasteiger partial charge in [0, 0.05) is 45.2 Å². The van der Waals surface area contributed by atoms with E-state index in [9.17, 15) is 4.79 Å². The molecule has 6 nitrogen and oxygen atoms in total. The molecule has 2 aromatic rings. The summed E-state index contributed by atoms with van der Waals surface area (Å²) in [4.78, 5) is 17.9. The van der Waals surface area contributed by atoms with Crippen molar-refractivity contribution in [2.24, 2.45) is 4.99 Å². The van der Waals surface area contributed by atoms with Crippen LogP contribution < -0.4 is 15.4 Å². The molecule has 1 heterocycles. The summed E-state index contributed by atoms with van der Waals surface area (Å²) >= 11 is 0. The third-order valence-electron chi connectivity index (χ3n) is 5.26. The maximum atomic E-state index is 11.1. The average molecular weight is 522 g/mol. The molecule has 7 heteroatoms. The van der Waals surface area contributed by atoms with Crippen molar-refractivity contribution in [1.29, 1.82) is 0 Å². The Bertz CT molecular complexity index is 837. The summed E-state index contributed by atoms with van der Waals surface area (Å²) in [5, 5.41) is 6.27. The highest BCUT2D eigenvalue weighted by atomic mass is 127. The summed E-state index contributed by atoms with van der Waals surface area (Å²) in [6.07, 6.45) is 2.02. The van der Waals surface area contributed by atoms with E-state index in [4.69, 9.17) is 4.74 Å². The van der Waals surface area contributed by atoms with Gasteiger partial charge in [0.05, 0.1) is 7.11 Å². The van der Waals surface area contributed by atoms with Gasteiger partial charge >= 0.3 is 0 Å². The second kappa shape index (κ2) is 11.8. The largest absolute Gasteiger partial charge is 0.497 e. The number of amides is 1. The van der Waals surface area contributed by atoms with Gasteiger partial charge in [0.2, 0.25) is 5.91 Å². The molecule has 1 aliphatic heterocycles. The van der Waals surface area contributed by atoms with Crippen LogP contribution >= 0.6 is 24.0 Å². The first-order valence-electron chi connectivity index (χ1n) is 10.0. The molecule has 0 bridgehead atoms. The van der Waals surface area contributed by atoms with Crippen molar-refractivity contribution < 1.29 is 9.53 Å². The van der Waals surface area contributed by atoms with Crippen molar-refractivity contribution in [1.82, 2.24) is 10.2 Å². The molecule has 0 spiro atoms. The number of aliphatic imine (C=N–C) groups is 1. The minimum Gasteiger partial charge on any atom is -0.497 e. The molecular weight excluding hydrogens is 491 g/mol. The predicted molar refractivity (Wildman–Crippen MR) is 133 cm³/mol. The topological polar surface area (TPSA) is 66.0 Å². The number of carbonyl (C=O) groups is 1. The zero-order valence-corrected chi connectivity index (χ0v) is 20.2. The van der Waals surface area contributed by atoms with Crippen LogP contribution in [0.15, 0.2) is 53.5 Å². The number of nitrogens with one attached hydrogen (secondary N) is 2. The minimum atomic E-state index is -0.0539. The lowest BCUT2D eigenvalue weighted by Crippen LogP contribution is -2.40. The van der Waals surface area contributed by atoms with E-state index >= 15 is 0 Å². The second-order valence-electron chi connectivity index (χ2n) is 7.31. The Morgan fingerprint density at radius 3 is 2.47 bits per heavy atom. The summed E-state index contributed by atoms with van der Waals surface area (Å²) in [5.74, 6) is 2.31. The van der Waals surface area contributed by atoms with Crippen LogP contribution in [0.3, 0.4) is 0 Å². The first-order valence-corrected chi connectivity index (χ1v) is 10.0. The normalized spacial score (nSPS) is 16.0. The van der Waals surface area contributed by atoms with Gasteiger partial charge in [0.15, 0.2) is 5.96 Å². The van der Waals surface area contributed by atoms with Crippen LogP contribution in [-0.4, -0.2) is 50.6 Å². The molecule has 1 atom stereocenters. The lowest BCUT2D eigenvalue weighted by molar-refractivity contribution is -0.114. The fourth-order valence-electron chi connectivity index (χ4n) is 3.71. The van der Waals surface area contributed by atoms with E-state index < -0.39 is 0 Å². The number of benzene rings is 2. The highest BCUT2D eigenvalue weighted by Crippen LogP contribution is 2.28. The number of halogens is 1. The number of carbonyl (C=O) groups excluding carboxylic acids is 1. The van der Waals surface area contributed by atoms with Crippen LogP contribution in [0.5, 0.6) is 5.75 Å². The van der Waals surface area contributed by atoms with Gasteiger partial charge in [0.25, 0.3) is 0 Å². The Morgan fingerprint density at radius 2 is 1.87 bits per heavy atom. The number of rotatable bonds is 6. The number of hydrogen-bond acceptors (Lipinski definition) is 3. The van der Waals surface area contributed by atoms with Gasteiger partial charge in [-0.3, -0.25) is 9.79 Å². The summed E-state index contributed by atoms with van der Waals surface area (Å²) in [6.45, 7) is 4.30. The number of hydrogen-bond donors (Lipinski definition) is 2. The van der Waals surface area contributed by atoms with Crippen molar-refractivity contribution in [3.05, 3.63) is 59.7 Å². The number of guanidine groups is 1. The Labute approximate surface area is 196 Å². The molecule has 2 aromatic carbocycles. The lowest BCUT2D eigenvalue weighted by atomic mass is 9.98. The zero-order chi connectivity index (χ0) is 20.6. The van der Waals surface area contributed by atoms with Crippen LogP contribution in [0, 0.1) is 0 Å². The molecule has 1 unspecified atom stereocenters. The van der Waals surface area contributed by atoms with Crippen molar-refractivity contribution in [2.45, 2.75) is 25.7 Å². The van der Waals surface area contributed by atoms with Crippen LogP contribution in [-0.2, 0) is 11.2 Å². The van der Waals surface area contributed by atoms with E-state index in [2.05, 4.69) is 32.7 Å². The standard InChI is InChI=1S/C23H30N4O2.HI/c1-17(28)26-21-8-4-18(5-9-21)12-14-25-23(24-2)27-15-13-20(16-27)19-6-10-22(29-3)11-7-19;/h4-11,20H,12-16H2,1-3H3,(H,24,25)(H,26,28);1H. The summed E-state index contributed by atoms with van der Waals surface area (Å²) in [5.41, 5.74) is 3.40. The fourth-order valence-corrected chi connectivity index (χ4v) is 3.71. The second-order valence-corrected chi connectivity index (χ2v) is 7.31. The van der Waals surface area contributed by atoms with Crippen LogP contribution in [0.1, 0.15) is 30.4 Å². The van der Waals surface area contributed by atoms with E-state index in [1.54, 1.807) is 7.11 Å². The number of methoxy groups -OCH3 is 1. The summed E-state index contributed by atoms with van der Waals surface area (Å²) < 4.78 is 5.25. The summed E-state index contributed by atoms with van der Waals surface area (Å²) in [7, 11) is 3.53. The van der Waals surface area contributed by atoms with Crippen molar-refractivity contribution in [3.63, 3.8) is 0 Å². The molecule has 0 saturated carbocycles. The van der Waals surface area contributed by atoms with Gasteiger partial charge in [-0.15, -0.1) is 24.0 Å². The molecular formula is C23H31IN4O2. The number of likely N-dealkylation sites (tertiary alicyclic amines) is 1.